The Morgan fingerprint density at radius 3 is 2.61 bits per heavy atom. The van der Waals surface area contributed by atoms with E-state index in [0.717, 1.165) is 17.7 Å². The maximum absolute atomic E-state index is 12.5. The molecule has 0 aromatic heterocycles. The first-order chi connectivity index (χ1) is 8.34. The van der Waals surface area contributed by atoms with Crippen LogP contribution >= 0.6 is 0 Å². The van der Waals surface area contributed by atoms with Crippen LogP contribution in [0.25, 0.3) is 0 Å². The molecule has 0 N–H and O–H groups in total. The summed E-state index contributed by atoms with van der Waals surface area (Å²) in [5.74, 6) is 0.251. The van der Waals surface area contributed by atoms with Gasteiger partial charge in [-0.3, -0.25) is 0 Å². The van der Waals surface area contributed by atoms with E-state index in [4.69, 9.17) is 10.00 Å². The maximum Gasteiger partial charge on any atom is 0.417 e. The molecule has 2 nitrogen and oxygen atoms in total. The lowest BCUT2D eigenvalue weighted by atomic mass is 10.1. The van der Waals surface area contributed by atoms with Gasteiger partial charge in [0.05, 0.1) is 23.8 Å². The van der Waals surface area contributed by atoms with Crippen molar-refractivity contribution in [3.05, 3.63) is 41.5 Å². The number of nitriles is 1. The third kappa shape index (κ3) is 3.81. The van der Waals surface area contributed by atoms with Crippen LogP contribution in [0.4, 0.5) is 13.2 Å². The van der Waals surface area contributed by atoms with Crippen molar-refractivity contribution in [3.8, 4) is 11.8 Å². The molecule has 0 aliphatic rings. The second-order valence-electron chi connectivity index (χ2n) is 3.87. The van der Waals surface area contributed by atoms with Crippen LogP contribution in [0.2, 0.25) is 0 Å². The van der Waals surface area contributed by atoms with Gasteiger partial charge in [0.2, 0.25) is 0 Å². The van der Waals surface area contributed by atoms with Gasteiger partial charge >= 0.3 is 6.18 Å². The number of ether oxygens (including phenoxy) is 1. The Morgan fingerprint density at radius 1 is 1.44 bits per heavy atom. The molecule has 5 heteroatoms. The van der Waals surface area contributed by atoms with Crippen LogP contribution in [-0.2, 0) is 6.18 Å². The van der Waals surface area contributed by atoms with Crippen LogP contribution in [0, 0.1) is 11.3 Å². The number of nitrogens with zero attached hydrogens (tertiary/aromatic N) is 1. The van der Waals surface area contributed by atoms with Gasteiger partial charge in [0.1, 0.15) is 5.75 Å². The lowest BCUT2D eigenvalue weighted by Gasteiger charge is -2.11. The minimum Gasteiger partial charge on any atom is -0.493 e. The lowest BCUT2D eigenvalue weighted by Crippen LogP contribution is -2.08. The number of hydrogen-bond donors (Lipinski definition) is 0. The SMILES string of the molecule is C=C(C)CCOc1ccc(C(F)(F)F)c(C#N)c1. The third-order valence-electron chi connectivity index (χ3n) is 2.21. The van der Waals surface area contributed by atoms with Crippen LogP contribution < -0.4 is 4.74 Å². The monoisotopic (exact) mass is 255 g/mol. The maximum atomic E-state index is 12.5. The molecule has 0 saturated heterocycles. The summed E-state index contributed by atoms with van der Waals surface area (Å²) in [5, 5.41) is 8.70. The van der Waals surface area contributed by atoms with E-state index in [2.05, 4.69) is 6.58 Å². The number of benzene rings is 1. The first-order valence-corrected chi connectivity index (χ1v) is 5.23. The smallest absolute Gasteiger partial charge is 0.417 e. The molecule has 1 aromatic rings. The molecule has 0 bridgehead atoms. The van der Waals surface area contributed by atoms with Gasteiger partial charge in [-0.25, -0.2) is 0 Å². The molecule has 0 spiro atoms. The number of hydrogen-bond acceptors (Lipinski definition) is 2. The Kier molecular flexibility index (Phi) is 4.38. The Balaban J connectivity index is 2.87. The van der Waals surface area contributed by atoms with Crippen LogP contribution in [-0.4, -0.2) is 6.61 Å². The van der Waals surface area contributed by atoms with Crippen molar-refractivity contribution in [3.63, 3.8) is 0 Å². The summed E-state index contributed by atoms with van der Waals surface area (Å²) >= 11 is 0. The largest absolute Gasteiger partial charge is 0.493 e. The van der Waals surface area contributed by atoms with E-state index < -0.39 is 17.3 Å². The first kappa shape index (κ1) is 14.1. The molecular formula is C13H12F3NO. The topological polar surface area (TPSA) is 33.0 Å². The van der Waals surface area contributed by atoms with Crippen molar-refractivity contribution < 1.29 is 17.9 Å². The minimum atomic E-state index is -4.53. The summed E-state index contributed by atoms with van der Waals surface area (Å²) < 4.78 is 42.8. The highest BCUT2D eigenvalue weighted by Gasteiger charge is 2.33. The van der Waals surface area contributed by atoms with Gasteiger partial charge < -0.3 is 4.74 Å². The van der Waals surface area contributed by atoms with Gasteiger partial charge in [0.25, 0.3) is 0 Å². The molecule has 0 heterocycles. The fourth-order valence-electron chi connectivity index (χ4n) is 1.30. The molecule has 18 heavy (non-hydrogen) atoms. The summed E-state index contributed by atoms with van der Waals surface area (Å²) in [6, 6.07) is 4.69. The van der Waals surface area contributed by atoms with Crippen molar-refractivity contribution in [2.75, 3.05) is 6.61 Å². The zero-order chi connectivity index (χ0) is 13.8. The second kappa shape index (κ2) is 5.58. The summed E-state index contributed by atoms with van der Waals surface area (Å²) in [6.45, 7) is 5.84. The van der Waals surface area contributed by atoms with Gasteiger partial charge in [-0.05, 0) is 25.1 Å². The Bertz CT molecular complexity index is 486. The molecule has 0 radical (unpaired) electrons. The Labute approximate surface area is 103 Å². The molecule has 0 aliphatic heterocycles. The highest BCUT2D eigenvalue weighted by atomic mass is 19.4. The summed E-state index contributed by atoms with van der Waals surface area (Å²) in [6.07, 6.45) is -3.91. The van der Waals surface area contributed by atoms with Crippen molar-refractivity contribution in [1.29, 1.82) is 5.26 Å². The summed E-state index contributed by atoms with van der Waals surface area (Å²) in [7, 11) is 0. The second-order valence-corrected chi connectivity index (χ2v) is 3.87. The molecule has 0 atom stereocenters. The minimum absolute atomic E-state index is 0.251. The zero-order valence-corrected chi connectivity index (χ0v) is 9.84. The molecule has 0 saturated carbocycles. The standard InChI is InChI=1S/C13H12F3NO/c1-9(2)5-6-18-11-3-4-12(13(14,15)16)10(7-11)8-17/h3-4,7H,1,5-6H2,2H3. The number of halogens is 3. The Hall–Kier alpha value is -1.96. The average Bonchev–Trinajstić information content (AvgIpc) is 2.26. The van der Waals surface area contributed by atoms with Gasteiger partial charge in [0.15, 0.2) is 0 Å². The number of rotatable bonds is 4. The van der Waals surface area contributed by atoms with Crippen LogP contribution in [0.15, 0.2) is 30.4 Å². The summed E-state index contributed by atoms with van der Waals surface area (Å²) in [4.78, 5) is 0. The molecule has 1 rings (SSSR count). The molecule has 0 aliphatic carbocycles. The van der Waals surface area contributed by atoms with E-state index in [9.17, 15) is 13.2 Å². The predicted molar refractivity (Wildman–Crippen MR) is 61.1 cm³/mol. The Morgan fingerprint density at radius 2 is 2.11 bits per heavy atom. The van der Waals surface area contributed by atoms with Crippen LogP contribution in [0.5, 0.6) is 5.75 Å². The van der Waals surface area contributed by atoms with E-state index in [0.29, 0.717) is 13.0 Å². The van der Waals surface area contributed by atoms with Crippen molar-refractivity contribution in [1.82, 2.24) is 0 Å². The van der Waals surface area contributed by atoms with E-state index >= 15 is 0 Å². The summed E-state index contributed by atoms with van der Waals surface area (Å²) in [5.41, 5.74) is -0.463. The van der Waals surface area contributed by atoms with Gasteiger partial charge in [-0.15, -0.1) is 6.58 Å². The normalized spacial score (nSPS) is 10.8. The van der Waals surface area contributed by atoms with Gasteiger partial charge in [-0.2, -0.15) is 18.4 Å². The predicted octanol–water partition coefficient (Wildman–Crippen LogP) is 3.92. The molecule has 1 aromatic carbocycles. The van der Waals surface area contributed by atoms with Crippen molar-refractivity contribution in [2.45, 2.75) is 19.5 Å². The molecule has 0 amide bonds. The van der Waals surface area contributed by atoms with Crippen LogP contribution in [0.1, 0.15) is 24.5 Å². The van der Waals surface area contributed by atoms with Crippen LogP contribution in [0.3, 0.4) is 0 Å². The third-order valence-corrected chi connectivity index (χ3v) is 2.21. The number of alkyl halides is 3. The fraction of sp³-hybridized carbons (Fsp3) is 0.308. The van der Waals surface area contributed by atoms with E-state index in [1.165, 1.54) is 12.1 Å². The van der Waals surface area contributed by atoms with Crippen molar-refractivity contribution in [2.24, 2.45) is 0 Å². The highest BCUT2D eigenvalue weighted by Crippen LogP contribution is 2.33. The zero-order valence-electron chi connectivity index (χ0n) is 9.84. The highest BCUT2D eigenvalue weighted by molar-refractivity contribution is 5.44. The van der Waals surface area contributed by atoms with E-state index in [-0.39, 0.29) is 5.75 Å². The van der Waals surface area contributed by atoms with Gasteiger partial charge in [0, 0.05) is 6.42 Å². The molecule has 96 valence electrons. The van der Waals surface area contributed by atoms with E-state index in [1.807, 2.05) is 6.92 Å². The quantitative estimate of drug-likeness (QED) is 0.764. The first-order valence-electron chi connectivity index (χ1n) is 5.23. The van der Waals surface area contributed by atoms with E-state index in [1.54, 1.807) is 0 Å². The fourth-order valence-corrected chi connectivity index (χ4v) is 1.30. The lowest BCUT2D eigenvalue weighted by molar-refractivity contribution is -0.137. The molecule has 0 unspecified atom stereocenters. The molecule has 0 fully saturated rings. The van der Waals surface area contributed by atoms with Gasteiger partial charge in [-0.1, -0.05) is 5.57 Å². The average molecular weight is 255 g/mol. The van der Waals surface area contributed by atoms with Crippen molar-refractivity contribution >= 4 is 0 Å². The molecular weight excluding hydrogens is 243 g/mol.